The molecule has 1 aliphatic heterocycles. The molecule has 1 aliphatic rings. The van der Waals surface area contributed by atoms with Gasteiger partial charge in [0.1, 0.15) is 10.4 Å². The van der Waals surface area contributed by atoms with Crippen molar-refractivity contribution in [3.8, 4) is 21.8 Å². The number of rotatable bonds is 6. The Morgan fingerprint density at radius 2 is 1.87 bits per heavy atom. The number of carbonyl (C=O) groups excluding carboxylic acids is 2. The van der Waals surface area contributed by atoms with Crippen LogP contribution >= 0.6 is 11.3 Å². The minimum Gasteiger partial charge on any atom is -0.444 e. The lowest BCUT2D eigenvalue weighted by molar-refractivity contribution is -0.129. The van der Waals surface area contributed by atoms with Crippen molar-refractivity contribution in [1.82, 2.24) is 20.3 Å². The average Bonchev–Trinajstić information content (AvgIpc) is 3.63. The summed E-state index contributed by atoms with van der Waals surface area (Å²) in [5.74, 6) is -0.887. The molecule has 2 amide bonds. The van der Waals surface area contributed by atoms with E-state index in [0.29, 0.717) is 10.6 Å². The number of carbonyl (C=O) groups is 2. The minimum absolute atomic E-state index is 0.00822. The lowest BCUT2D eigenvalue weighted by atomic mass is 9.97. The van der Waals surface area contributed by atoms with Crippen LogP contribution in [0.1, 0.15) is 28.2 Å². The molecule has 0 spiro atoms. The maximum absolute atomic E-state index is 13.8. The highest BCUT2D eigenvalue weighted by molar-refractivity contribution is 7.92. The molecule has 4 aromatic rings. The Balaban J connectivity index is 1.48. The molecule has 12 heteroatoms. The van der Waals surface area contributed by atoms with Crippen LogP contribution in [0.3, 0.4) is 0 Å². The van der Waals surface area contributed by atoms with Gasteiger partial charge in [-0.15, -0.1) is 11.3 Å². The molecule has 5 rings (SSSR count). The molecular formula is C26H24N4O6S2. The van der Waals surface area contributed by atoms with Crippen LogP contribution < -0.4 is 5.48 Å². The van der Waals surface area contributed by atoms with Gasteiger partial charge >= 0.3 is 0 Å². The molecule has 0 saturated carbocycles. The fourth-order valence-electron chi connectivity index (χ4n) is 4.62. The third kappa shape index (κ3) is 4.85. The summed E-state index contributed by atoms with van der Waals surface area (Å²) < 4.78 is 31.3. The monoisotopic (exact) mass is 552 g/mol. The van der Waals surface area contributed by atoms with E-state index in [9.17, 15) is 23.2 Å². The van der Waals surface area contributed by atoms with Crippen molar-refractivity contribution in [2.75, 3.05) is 18.8 Å². The first-order valence-electron chi connectivity index (χ1n) is 11.8. The summed E-state index contributed by atoms with van der Waals surface area (Å²) in [5, 5.41) is 9.27. The Morgan fingerprint density at radius 1 is 1.08 bits per heavy atom. The predicted octanol–water partition coefficient (Wildman–Crippen LogP) is 3.52. The molecule has 38 heavy (non-hydrogen) atoms. The first-order chi connectivity index (χ1) is 18.3. The van der Waals surface area contributed by atoms with Crippen molar-refractivity contribution < 1.29 is 27.6 Å². The lowest BCUT2D eigenvalue weighted by Crippen LogP contribution is -2.41. The van der Waals surface area contributed by atoms with Crippen LogP contribution in [0.5, 0.6) is 0 Å². The van der Waals surface area contributed by atoms with Crippen molar-refractivity contribution >= 4 is 33.0 Å². The van der Waals surface area contributed by atoms with E-state index in [4.69, 9.17) is 4.42 Å². The molecule has 196 valence electrons. The zero-order valence-corrected chi connectivity index (χ0v) is 21.7. The second-order valence-electron chi connectivity index (χ2n) is 8.89. The number of nitrogens with one attached hydrogen (secondary N) is 1. The smallest absolute Gasteiger partial charge is 0.272 e. The number of sulfone groups is 1. The Kier molecular flexibility index (Phi) is 7.11. The topological polar surface area (TPSA) is 143 Å². The molecule has 4 heterocycles. The highest BCUT2D eigenvalue weighted by Gasteiger charge is 2.50. The summed E-state index contributed by atoms with van der Waals surface area (Å²) in [6.45, 7) is 0.0774. The molecule has 10 nitrogen and oxygen atoms in total. The highest BCUT2D eigenvalue weighted by atomic mass is 32.2. The lowest BCUT2D eigenvalue weighted by Gasteiger charge is -2.30. The van der Waals surface area contributed by atoms with Crippen molar-refractivity contribution in [1.29, 1.82) is 0 Å². The second-order valence-corrected chi connectivity index (χ2v) is 12.4. The molecule has 0 radical (unpaired) electrons. The van der Waals surface area contributed by atoms with E-state index in [0.717, 1.165) is 16.0 Å². The van der Waals surface area contributed by atoms with Crippen LogP contribution in [-0.2, 0) is 19.4 Å². The van der Waals surface area contributed by atoms with E-state index in [1.807, 2.05) is 30.3 Å². The van der Waals surface area contributed by atoms with Crippen LogP contribution in [0.2, 0.25) is 0 Å². The van der Waals surface area contributed by atoms with Crippen molar-refractivity contribution in [3.05, 3.63) is 84.0 Å². The van der Waals surface area contributed by atoms with Crippen molar-refractivity contribution in [2.24, 2.45) is 0 Å². The molecule has 1 fully saturated rings. The first-order valence-corrected chi connectivity index (χ1v) is 14.2. The molecular weight excluding hydrogens is 528 g/mol. The molecule has 0 aliphatic carbocycles. The summed E-state index contributed by atoms with van der Waals surface area (Å²) in [4.78, 5) is 36.2. The zero-order valence-electron chi connectivity index (χ0n) is 20.1. The Morgan fingerprint density at radius 3 is 2.55 bits per heavy atom. The van der Waals surface area contributed by atoms with E-state index in [2.05, 4.69) is 9.97 Å². The van der Waals surface area contributed by atoms with Crippen LogP contribution in [0.4, 0.5) is 0 Å². The molecule has 3 aromatic heterocycles. The van der Waals surface area contributed by atoms with Gasteiger partial charge in [0.05, 0.1) is 18.4 Å². The number of pyridine rings is 1. The van der Waals surface area contributed by atoms with Crippen LogP contribution in [-0.4, -0.2) is 59.1 Å². The number of oxazole rings is 1. The van der Waals surface area contributed by atoms with Crippen LogP contribution in [0.15, 0.2) is 77.8 Å². The van der Waals surface area contributed by atoms with Crippen molar-refractivity contribution in [3.63, 3.8) is 0 Å². The number of benzene rings is 1. The standard InChI is InChI=1S/C26H24N4O6S2/c31-24(29-33)15-26(10-12-30(13-14-38(26,34)35)25(32)20-3-1-2-11-28-20)23-9-8-22(37-23)19-6-4-18(5-7-19)21-16-27-17-36-21/h1-9,11,16-17,33H,10,12-15H2,(H,29,31). The number of amides is 2. The van der Waals surface area contributed by atoms with E-state index in [-0.39, 0.29) is 36.9 Å². The normalized spacial score (nSPS) is 19.0. The second kappa shape index (κ2) is 10.5. The Labute approximate surface area is 222 Å². The Bertz CT molecular complexity index is 1540. The van der Waals surface area contributed by atoms with Gasteiger partial charge in [-0.1, -0.05) is 30.3 Å². The van der Waals surface area contributed by atoms with E-state index in [1.54, 1.807) is 35.9 Å². The summed E-state index contributed by atoms with van der Waals surface area (Å²) in [6, 6.07) is 16.1. The van der Waals surface area contributed by atoms with E-state index < -0.39 is 26.9 Å². The fraction of sp³-hybridized carbons (Fsp3) is 0.231. The van der Waals surface area contributed by atoms with Crippen LogP contribution in [0, 0.1) is 0 Å². The summed E-state index contributed by atoms with van der Waals surface area (Å²) in [6.07, 6.45) is 4.00. The fourth-order valence-corrected chi connectivity index (χ4v) is 8.23. The SMILES string of the molecule is O=C(CC1(c2ccc(-c3ccc(-c4cnco4)cc3)s2)CCN(C(=O)c2ccccn2)CCS1(=O)=O)NO. The molecule has 2 N–H and O–H groups in total. The van der Waals surface area contributed by atoms with Gasteiger partial charge in [-0.2, -0.15) is 0 Å². The van der Waals surface area contributed by atoms with Crippen molar-refractivity contribution in [2.45, 2.75) is 17.6 Å². The first kappa shape index (κ1) is 25.8. The van der Waals surface area contributed by atoms with Gasteiger partial charge in [0.2, 0.25) is 5.91 Å². The molecule has 1 aromatic carbocycles. The van der Waals surface area contributed by atoms with Gasteiger partial charge in [0.25, 0.3) is 5.91 Å². The third-order valence-electron chi connectivity index (χ3n) is 6.69. The number of hydroxylamine groups is 1. The van der Waals surface area contributed by atoms with E-state index in [1.165, 1.54) is 28.8 Å². The minimum atomic E-state index is -3.93. The quantitative estimate of drug-likeness (QED) is 0.273. The number of thiophene rings is 1. The van der Waals surface area contributed by atoms with Gasteiger partial charge in [0, 0.05) is 34.6 Å². The largest absolute Gasteiger partial charge is 0.444 e. The molecule has 1 saturated heterocycles. The summed E-state index contributed by atoms with van der Waals surface area (Å²) in [7, 11) is -3.93. The van der Waals surface area contributed by atoms with Gasteiger partial charge < -0.3 is 9.32 Å². The molecule has 0 bridgehead atoms. The number of hydrogen-bond donors (Lipinski definition) is 2. The van der Waals surface area contributed by atoms with Gasteiger partial charge in [-0.05, 0) is 36.2 Å². The maximum atomic E-state index is 13.8. The summed E-state index contributed by atoms with van der Waals surface area (Å²) in [5.41, 5.74) is 3.51. The number of hydrogen-bond acceptors (Lipinski definition) is 9. The number of aromatic nitrogens is 2. The van der Waals surface area contributed by atoms with Crippen LogP contribution in [0.25, 0.3) is 21.8 Å². The van der Waals surface area contributed by atoms with Gasteiger partial charge in [-0.25, -0.2) is 18.9 Å². The highest BCUT2D eigenvalue weighted by Crippen LogP contribution is 2.45. The molecule has 1 atom stereocenters. The molecule has 1 unspecified atom stereocenters. The average molecular weight is 553 g/mol. The van der Waals surface area contributed by atoms with Gasteiger partial charge in [0.15, 0.2) is 22.0 Å². The maximum Gasteiger partial charge on any atom is 0.272 e. The predicted molar refractivity (Wildman–Crippen MR) is 140 cm³/mol. The zero-order chi connectivity index (χ0) is 26.8. The van der Waals surface area contributed by atoms with Gasteiger partial charge in [-0.3, -0.25) is 19.8 Å². The number of nitrogens with zero attached hydrogens (tertiary/aromatic N) is 3. The van der Waals surface area contributed by atoms with E-state index >= 15 is 0 Å². The third-order valence-corrected chi connectivity index (χ3v) is 10.6. The summed E-state index contributed by atoms with van der Waals surface area (Å²) >= 11 is 1.27. The Hall–Kier alpha value is -3.87.